The molecular weight excluding hydrogens is 280 g/mol. The van der Waals surface area contributed by atoms with Crippen LogP contribution in [0.5, 0.6) is 0 Å². The fourth-order valence-electron chi connectivity index (χ4n) is 2.38. The summed E-state index contributed by atoms with van der Waals surface area (Å²) in [6.07, 6.45) is 3.61. The molecule has 0 spiro atoms. The molecule has 1 atom stereocenters. The smallest absolute Gasteiger partial charge is 0.274 e. The van der Waals surface area contributed by atoms with Gasteiger partial charge in [-0.1, -0.05) is 6.42 Å². The van der Waals surface area contributed by atoms with Crippen LogP contribution in [0.15, 0.2) is 21.6 Å². The molecule has 2 heterocycles. The fourth-order valence-corrected chi connectivity index (χ4v) is 3.44. The molecule has 0 aliphatic carbocycles. The monoisotopic (exact) mass is 302 g/mol. The second-order valence-corrected chi connectivity index (χ2v) is 6.87. The lowest BCUT2D eigenvalue weighted by Gasteiger charge is -2.32. The zero-order valence-corrected chi connectivity index (χ0v) is 12.5. The minimum absolute atomic E-state index is 0.146. The Labute approximate surface area is 119 Å². The van der Waals surface area contributed by atoms with E-state index in [1.807, 2.05) is 6.92 Å². The molecular formula is C13H22N2O4S. The van der Waals surface area contributed by atoms with Crippen LogP contribution in [0.2, 0.25) is 0 Å². The second kappa shape index (κ2) is 6.71. The van der Waals surface area contributed by atoms with Crippen LogP contribution in [0.1, 0.15) is 31.9 Å². The SMILES string of the molecule is CC(CNS(=O)(=O)c1ccc(CO)o1)N1CCCCC1. The van der Waals surface area contributed by atoms with Crippen LogP contribution in [0.3, 0.4) is 0 Å². The van der Waals surface area contributed by atoms with Gasteiger partial charge in [-0.3, -0.25) is 4.90 Å². The summed E-state index contributed by atoms with van der Waals surface area (Å²) in [6, 6.07) is 2.99. The molecule has 0 saturated carbocycles. The van der Waals surface area contributed by atoms with Crippen LogP contribution >= 0.6 is 0 Å². The van der Waals surface area contributed by atoms with Crippen molar-refractivity contribution in [2.75, 3.05) is 19.6 Å². The molecule has 1 saturated heterocycles. The summed E-state index contributed by atoms with van der Waals surface area (Å²) >= 11 is 0. The molecule has 20 heavy (non-hydrogen) atoms. The van der Waals surface area contributed by atoms with Gasteiger partial charge in [0.1, 0.15) is 12.4 Å². The third kappa shape index (κ3) is 3.82. The van der Waals surface area contributed by atoms with Crippen molar-refractivity contribution in [2.45, 2.75) is 43.9 Å². The molecule has 2 N–H and O–H groups in total. The molecule has 1 aromatic rings. The van der Waals surface area contributed by atoms with E-state index in [-0.39, 0.29) is 23.5 Å². The van der Waals surface area contributed by atoms with Gasteiger partial charge in [-0.15, -0.1) is 0 Å². The maximum Gasteiger partial charge on any atom is 0.274 e. The van der Waals surface area contributed by atoms with Crippen molar-refractivity contribution in [2.24, 2.45) is 0 Å². The van der Waals surface area contributed by atoms with Gasteiger partial charge in [0.2, 0.25) is 5.09 Å². The molecule has 1 aromatic heterocycles. The average molecular weight is 302 g/mol. The van der Waals surface area contributed by atoms with Crippen molar-refractivity contribution in [1.29, 1.82) is 0 Å². The maximum atomic E-state index is 12.0. The van der Waals surface area contributed by atoms with Gasteiger partial charge in [0.15, 0.2) is 0 Å². The normalized spacial score (nSPS) is 19.1. The number of rotatable bonds is 6. The van der Waals surface area contributed by atoms with Gasteiger partial charge in [-0.25, -0.2) is 13.1 Å². The highest BCUT2D eigenvalue weighted by Crippen LogP contribution is 2.15. The van der Waals surface area contributed by atoms with Crippen LogP contribution in [0, 0.1) is 0 Å². The van der Waals surface area contributed by atoms with Gasteiger partial charge in [-0.2, -0.15) is 0 Å². The summed E-state index contributed by atoms with van der Waals surface area (Å²) in [5.41, 5.74) is 0. The van der Waals surface area contributed by atoms with Crippen LogP contribution < -0.4 is 4.72 Å². The number of hydrogen-bond donors (Lipinski definition) is 2. The Hall–Kier alpha value is -0.890. The molecule has 1 unspecified atom stereocenters. The molecule has 0 bridgehead atoms. The molecule has 1 aliphatic rings. The predicted molar refractivity (Wildman–Crippen MR) is 74.7 cm³/mol. The number of aliphatic hydroxyl groups excluding tert-OH is 1. The lowest BCUT2D eigenvalue weighted by Crippen LogP contribution is -2.44. The standard InChI is InChI=1S/C13H22N2O4S/c1-11(15-7-3-2-4-8-15)9-14-20(17,18)13-6-5-12(10-16)19-13/h5-6,11,14,16H,2-4,7-10H2,1H3. The van der Waals surface area contributed by atoms with Gasteiger partial charge in [-0.05, 0) is 45.0 Å². The molecule has 0 radical (unpaired) electrons. The van der Waals surface area contributed by atoms with E-state index in [0.717, 1.165) is 13.1 Å². The van der Waals surface area contributed by atoms with Crippen LogP contribution in [-0.2, 0) is 16.6 Å². The first kappa shape index (κ1) is 15.5. The van der Waals surface area contributed by atoms with E-state index in [9.17, 15) is 8.42 Å². The van der Waals surface area contributed by atoms with Gasteiger partial charge in [0.25, 0.3) is 10.0 Å². The number of hydrogen-bond acceptors (Lipinski definition) is 5. The van der Waals surface area contributed by atoms with Crippen molar-refractivity contribution < 1.29 is 17.9 Å². The number of piperidine rings is 1. The first-order chi connectivity index (χ1) is 9.53. The van der Waals surface area contributed by atoms with Crippen LogP contribution in [0.25, 0.3) is 0 Å². The molecule has 1 aliphatic heterocycles. The van der Waals surface area contributed by atoms with Crippen molar-refractivity contribution in [3.05, 3.63) is 17.9 Å². The van der Waals surface area contributed by atoms with Gasteiger partial charge in [0.05, 0.1) is 0 Å². The predicted octanol–water partition coefficient (Wildman–Crippen LogP) is 0.925. The van der Waals surface area contributed by atoms with Gasteiger partial charge < -0.3 is 9.52 Å². The summed E-state index contributed by atoms with van der Waals surface area (Å²) in [6.45, 7) is 4.13. The highest BCUT2D eigenvalue weighted by molar-refractivity contribution is 7.89. The second-order valence-electron chi connectivity index (χ2n) is 5.18. The summed E-state index contributed by atoms with van der Waals surface area (Å²) in [5, 5.41) is 8.74. The summed E-state index contributed by atoms with van der Waals surface area (Å²) in [5.74, 6) is 0.245. The number of furan rings is 1. The topological polar surface area (TPSA) is 82.8 Å². The molecule has 114 valence electrons. The van der Waals surface area contributed by atoms with Crippen molar-refractivity contribution in [1.82, 2.24) is 9.62 Å². The van der Waals surface area contributed by atoms with E-state index in [0.29, 0.717) is 6.54 Å². The third-order valence-corrected chi connectivity index (χ3v) is 4.94. The lowest BCUT2D eigenvalue weighted by atomic mass is 10.1. The Morgan fingerprint density at radius 3 is 2.65 bits per heavy atom. The van der Waals surface area contributed by atoms with E-state index < -0.39 is 10.0 Å². The van der Waals surface area contributed by atoms with E-state index in [4.69, 9.17) is 9.52 Å². The molecule has 2 rings (SSSR count). The van der Waals surface area contributed by atoms with Gasteiger partial charge in [0, 0.05) is 12.6 Å². The van der Waals surface area contributed by atoms with Gasteiger partial charge >= 0.3 is 0 Å². The number of likely N-dealkylation sites (tertiary alicyclic amines) is 1. The zero-order chi connectivity index (χ0) is 14.6. The van der Waals surface area contributed by atoms with Crippen molar-refractivity contribution in [3.8, 4) is 0 Å². The molecule has 6 nitrogen and oxygen atoms in total. The highest BCUT2D eigenvalue weighted by atomic mass is 32.2. The van der Waals surface area contributed by atoms with Crippen molar-refractivity contribution >= 4 is 10.0 Å². The first-order valence-electron chi connectivity index (χ1n) is 6.96. The minimum atomic E-state index is -3.64. The summed E-state index contributed by atoms with van der Waals surface area (Å²) < 4.78 is 31.7. The van der Waals surface area contributed by atoms with E-state index >= 15 is 0 Å². The Morgan fingerprint density at radius 1 is 1.35 bits per heavy atom. The summed E-state index contributed by atoms with van der Waals surface area (Å²) in [7, 11) is -3.64. The van der Waals surface area contributed by atoms with E-state index in [1.54, 1.807) is 0 Å². The maximum absolute atomic E-state index is 12.0. The molecule has 0 aromatic carbocycles. The fraction of sp³-hybridized carbons (Fsp3) is 0.692. The van der Waals surface area contributed by atoms with Crippen molar-refractivity contribution in [3.63, 3.8) is 0 Å². The number of aliphatic hydroxyl groups is 1. The largest absolute Gasteiger partial charge is 0.446 e. The Kier molecular flexibility index (Phi) is 5.20. The quantitative estimate of drug-likeness (QED) is 0.816. The zero-order valence-electron chi connectivity index (χ0n) is 11.7. The summed E-state index contributed by atoms with van der Waals surface area (Å²) in [4.78, 5) is 2.30. The number of sulfonamides is 1. The van der Waals surface area contributed by atoms with E-state index in [2.05, 4.69) is 9.62 Å². The lowest BCUT2D eigenvalue weighted by molar-refractivity contribution is 0.175. The van der Waals surface area contributed by atoms with Crippen LogP contribution in [-0.4, -0.2) is 44.1 Å². The Morgan fingerprint density at radius 2 is 2.05 bits per heavy atom. The Bertz CT molecular complexity index is 520. The van der Waals surface area contributed by atoms with E-state index in [1.165, 1.54) is 31.4 Å². The number of nitrogens with zero attached hydrogens (tertiary/aromatic N) is 1. The molecule has 0 amide bonds. The molecule has 1 fully saturated rings. The first-order valence-corrected chi connectivity index (χ1v) is 8.44. The minimum Gasteiger partial charge on any atom is -0.446 e. The Balaban J connectivity index is 1.91. The third-order valence-electron chi connectivity index (χ3n) is 3.64. The average Bonchev–Trinajstić information content (AvgIpc) is 2.95. The highest BCUT2D eigenvalue weighted by Gasteiger charge is 2.22. The number of nitrogens with one attached hydrogen (secondary N) is 1. The molecule has 7 heteroatoms. The van der Waals surface area contributed by atoms with Crippen LogP contribution in [0.4, 0.5) is 0 Å².